The van der Waals surface area contributed by atoms with Crippen molar-refractivity contribution >= 4 is 17.5 Å². The molecule has 2 rings (SSSR count). The Kier molecular flexibility index (Phi) is 3.01. The van der Waals surface area contributed by atoms with Crippen LogP contribution in [0.1, 0.15) is 32.6 Å². The summed E-state index contributed by atoms with van der Waals surface area (Å²) in [5.74, 6) is 2.58. The number of amides is 1. The van der Waals surface area contributed by atoms with Gasteiger partial charge in [-0.05, 0) is 43.9 Å². The van der Waals surface area contributed by atoms with Crippen LogP contribution < -0.4 is 5.32 Å². The van der Waals surface area contributed by atoms with Crippen LogP contribution in [0.5, 0.6) is 0 Å². The van der Waals surface area contributed by atoms with Crippen molar-refractivity contribution < 1.29 is 4.79 Å². The van der Waals surface area contributed by atoms with Crippen molar-refractivity contribution in [3.63, 3.8) is 0 Å². The maximum absolute atomic E-state index is 11.1. The number of carbonyl (C=O) groups excluding carboxylic acids is 1. The average Bonchev–Trinajstić information content (AvgIpc) is 2.78. The van der Waals surface area contributed by atoms with E-state index in [-0.39, 0.29) is 11.8 Å². The Bertz CT molecular complexity index is 231. The molecule has 0 spiro atoms. The Morgan fingerprint density at radius 2 is 2.29 bits per heavy atom. The molecule has 2 bridgehead atoms. The molecule has 3 heteroatoms. The van der Waals surface area contributed by atoms with Gasteiger partial charge >= 0.3 is 0 Å². The van der Waals surface area contributed by atoms with E-state index in [2.05, 4.69) is 12.2 Å². The molecule has 0 aromatic carbocycles. The number of carbonyl (C=O) groups is 1. The Hall–Kier alpha value is -0.240. The summed E-state index contributed by atoms with van der Waals surface area (Å²) < 4.78 is 0. The Labute approximate surface area is 90.4 Å². The summed E-state index contributed by atoms with van der Waals surface area (Å²) in [7, 11) is 0. The number of hydrogen-bond acceptors (Lipinski definition) is 1. The molecule has 0 aromatic rings. The fourth-order valence-electron chi connectivity index (χ4n) is 3.31. The molecule has 2 unspecified atom stereocenters. The molecule has 1 amide bonds. The summed E-state index contributed by atoms with van der Waals surface area (Å²) >= 11 is 5.47. The van der Waals surface area contributed by atoms with E-state index in [1.807, 2.05) is 0 Å². The topological polar surface area (TPSA) is 29.1 Å². The average molecular weight is 216 g/mol. The van der Waals surface area contributed by atoms with Crippen LogP contribution in [0.3, 0.4) is 0 Å². The summed E-state index contributed by atoms with van der Waals surface area (Å²) in [5, 5.41) is 2.99. The first-order chi connectivity index (χ1) is 6.70. The largest absolute Gasteiger partial charge is 0.352 e. The summed E-state index contributed by atoms with van der Waals surface area (Å²) in [6, 6.07) is 0.316. The number of halogens is 1. The van der Waals surface area contributed by atoms with Gasteiger partial charge in [-0.25, -0.2) is 0 Å². The zero-order valence-electron chi connectivity index (χ0n) is 8.63. The van der Waals surface area contributed by atoms with Crippen molar-refractivity contribution in [2.45, 2.75) is 38.6 Å². The summed E-state index contributed by atoms with van der Waals surface area (Å²) in [6.07, 6.45) is 5.49. The first-order valence-corrected chi connectivity index (χ1v) is 6.09. The molecular formula is C11H18ClNO. The SMILES string of the molecule is CC(NC(=O)CCl)C1C[C@@H]2CC[C@H]1C2. The van der Waals surface area contributed by atoms with Gasteiger partial charge in [0, 0.05) is 6.04 Å². The maximum Gasteiger partial charge on any atom is 0.235 e. The molecule has 1 N–H and O–H groups in total. The van der Waals surface area contributed by atoms with Gasteiger partial charge in [-0.3, -0.25) is 4.79 Å². The van der Waals surface area contributed by atoms with Crippen molar-refractivity contribution in [3.05, 3.63) is 0 Å². The van der Waals surface area contributed by atoms with Crippen LogP contribution in [-0.4, -0.2) is 17.8 Å². The zero-order valence-corrected chi connectivity index (χ0v) is 9.39. The molecule has 0 saturated heterocycles. The molecule has 2 saturated carbocycles. The van der Waals surface area contributed by atoms with Crippen molar-refractivity contribution in [3.8, 4) is 0 Å². The number of nitrogens with one attached hydrogen (secondary N) is 1. The van der Waals surface area contributed by atoms with Crippen LogP contribution in [-0.2, 0) is 4.79 Å². The molecule has 4 atom stereocenters. The molecule has 0 radical (unpaired) electrons. The molecule has 2 fully saturated rings. The van der Waals surface area contributed by atoms with Gasteiger partial charge in [0.1, 0.15) is 5.88 Å². The zero-order chi connectivity index (χ0) is 10.1. The van der Waals surface area contributed by atoms with Crippen molar-refractivity contribution in [1.29, 1.82) is 0 Å². The van der Waals surface area contributed by atoms with Gasteiger partial charge in [-0.1, -0.05) is 6.42 Å². The fourth-order valence-corrected chi connectivity index (χ4v) is 3.38. The highest BCUT2D eigenvalue weighted by Gasteiger charge is 2.41. The normalized spacial score (nSPS) is 37.1. The second-order valence-corrected chi connectivity index (χ2v) is 5.10. The standard InChI is InChI=1S/C11H18ClNO/c1-7(13-11(14)6-12)10-5-8-2-3-9(10)4-8/h7-10H,2-6H2,1H3,(H,13,14)/t7?,8-,9+,10?/m1/s1. The molecule has 80 valence electrons. The van der Waals surface area contributed by atoms with E-state index >= 15 is 0 Å². The lowest BCUT2D eigenvalue weighted by Crippen LogP contribution is -2.40. The van der Waals surface area contributed by atoms with Crippen molar-refractivity contribution in [1.82, 2.24) is 5.32 Å². The minimum Gasteiger partial charge on any atom is -0.352 e. The molecule has 2 aliphatic rings. The number of hydrogen-bond donors (Lipinski definition) is 1. The molecular weight excluding hydrogens is 198 g/mol. The third kappa shape index (κ3) is 1.90. The highest BCUT2D eigenvalue weighted by molar-refractivity contribution is 6.27. The highest BCUT2D eigenvalue weighted by atomic mass is 35.5. The Balaban J connectivity index is 1.86. The van der Waals surface area contributed by atoms with E-state index in [1.54, 1.807) is 0 Å². The number of alkyl halides is 1. The van der Waals surface area contributed by atoms with Gasteiger partial charge in [-0.15, -0.1) is 11.6 Å². The third-order valence-corrected chi connectivity index (χ3v) is 4.19. The molecule has 14 heavy (non-hydrogen) atoms. The third-order valence-electron chi connectivity index (χ3n) is 3.95. The van der Waals surface area contributed by atoms with Crippen molar-refractivity contribution in [2.24, 2.45) is 17.8 Å². The second kappa shape index (κ2) is 4.09. The lowest BCUT2D eigenvalue weighted by molar-refractivity contribution is -0.119. The fraction of sp³-hybridized carbons (Fsp3) is 0.909. The van der Waals surface area contributed by atoms with Crippen LogP contribution in [0.4, 0.5) is 0 Å². The molecule has 0 aromatic heterocycles. The predicted octanol–water partition coefficient (Wildman–Crippen LogP) is 2.17. The first kappa shape index (κ1) is 10.3. The highest BCUT2D eigenvalue weighted by Crippen LogP contribution is 2.49. The molecule has 2 aliphatic carbocycles. The minimum absolute atomic E-state index is 0.0260. The van der Waals surface area contributed by atoms with Crippen LogP contribution >= 0.6 is 11.6 Å². The quantitative estimate of drug-likeness (QED) is 0.719. The van der Waals surface area contributed by atoms with E-state index in [0.717, 1.165) is 11.8 Å². The van der Waals surface area contributed by atoms with Crippen molar-refractivity contribution in [2.75, 3.05) is 5.88 Å². The van der Waals surface area contributed by atoms with E-state index < -0.39 is 0 Å². The van der Waals surface area contributed by atoms with Gasteiger partial charge in [0.15, 0.2) is 0 Å². The maximum atomic E-state index is 11.1. The monoisotopic (exact) mass is 215 g/mol. The van der Waals surface area contributed by atoms with Crippen LogP contribution in [0.25, 0.3) is 0 Å². The lowest BCUT2D eigenvalue weighted by Gasteiger charge is -2.28. The van der Waals surface area contributed by atoms with Gasteiger partial charge < -0.3 is 5.32 Å². The summed E-state index contributed by atoms with van der Waals surface area (Å²) in [4.78, 5) is 11.1. The van der Waals surface area contributed by atoms with E-state index in [0.29, 0.717) is 12.0 Å². The van der Waals surface area contributed by atoms with Gasteiger partial charge in [-0.2, -0.15) is 0 Å². The number of fused-ring (bicyclic) bond motifs is 2. The number of rotatable bonds is 3. The minimum atomic E-state index is -0.0260. The van der Waals surface area contributed by atoms with Gasteiger partial charge in [0.05, 0.1) is 0 Å². The van der Waals surface area contributed by atoms with Gasteiger partial charge in [0.25, 0.3) is 0 Å². The molecule has 0 heterocycles. The predicted molar refractivity (Wildman–Crippen MR) is 57.3 cm³/mol. The second-order valence-electron chi connectivity index (χ2n) is 4.83. The van der Waals surface area contributed by atoms with Gasteiger partial charge in [0.2, 0.25) is 5.91 Å². The summed E-state index contributed by atoms with van der Waals surface area (Å²) in [6.45, 7) is 2.12. The Morgan fingerprint density at radius 3 is 2.79 bits per heavy atom. The van der Waals surface area contributed by atoms with Crippen LogP contribution in [0, 0.1) is 17.8 Å². The first-order valence-electron chi connectivity index (χ1n) is 5.56. The molecule has 0 aliphatic heterocycles. The van der Waals surface area contributed by atoms with E-state index in [4.69, 9.17) is 11.6 Å². The molecule has 2 nitrogen and oxygen atoms in total. The Morgan fingerprint density at radius 1 is 1.50 bits per heavy atom. The van der Waals surface area contributed by atoms with Crippen LogP contribution in [0.15, 0.2) is 0 Å². The van der Waals surface area contributed by atoms with E-state index in [9.17, 15) is 4.79 Å². The van der Waals surface area contributed by atoms with E-state index in [1.165, 1.54) is 25.7 Å². The summed E-state index contributed by atoms with van der Waals surface area (Å²) in [5.41, 5.74) is 0. The smallest absolute Gasteiger partial charge is 0.235 e. The van der Waals surface area contributed by atoms with Crippen LogP contribution in [0.2, 0.25) is 0 Å². The lowest BCUT2D eigenvalue weighted by atomic mass is 9.84.